The first kappa shape index (κ1) is 21.4. The summed E-state index contributed by atoms with van der Waals surface area (Å²) in [5, 5.41) is 22.5. The number of anilines is 1. The fourth-order valence-electron chi connectivity index (χ4n) is 3.33. The summed E-state index contributed by atoms with van der Waals surface area (Å²) in [5.41, 5.74) is 4.81. The molecule has 29 heavy (non-hydrogen) atoms. The van der Waals surface area contributed by atoms with E-state index >= 15 is 0 Å². The Morgan fingerprint density at radius 1 is 1.21 bits per heavy atom. The molecule has 0 bridgehead atoms. The van der Waals surface area contributed by atoms with Crippen molar-refractivity contribution < 1.29 is 19.7 Å². The van der Waals surface area contributed by atoms with Gasteiger partial charge in [-0.15, -0.1) is 0 Å². The lowest BCUT2D eigenvalue weighted by atomic mass is 10.0. The van der Waals surface area contributed by atoms with Crippen LogP contribution in [0.3, 0.4) is 0 Å². The van der Waals surface area contributed by atoms with Crippen molar-refractivity contribution in [3.63, 3.8) is 0 Å². The monoisotopic (exact) mass is 397 g/mol. The van der Waals surface area contributed by atoms with E-state index in [1.54, 1.807) is 0 Å². The Hall–Kier alpha value is -2.34. The van der Waals surface area contributed by atoms with E-state index in [0.29, 0.717) is 18.6 Å². The van der Waals surface area contributed by atoms with E-state index < -0.39 is 12.4 Å². The van der Waals surface area contributed by atoms with Crippen molar-refractivity contribution in [2.24, 2.45) is 0 Å². The minimum absolute atomic E-state index is 0.120. The van der Waals surface area contributed by atoms with Gasteiger partial charge in [0.2, 0.25) is 6.29 Å². The van der Waals surface area contributed by atoms with Crippen molar-refractivity contribution in [2.75, 3.05) is 11.9 Å². The first-order valence-electron chi connectivity index (χ1n) is 10.2. The minimum Gasteiger partial charge on any atom is -0.465 e. The fraction of sp³-hybridized carbons (Fsp3) is 0.417. The number of allylic oxidation sites excluding steroid dienone is 1. The van der Waals surface area contributed by atoms with Gasteiger partial charge in [0.15, 0.2) is 0 Å². The number of nitrogens with one attached hydrogen (secondary N) is 1. The van der Waals surface area contributed by atoms with Crippen molar-refractivity contribution in [3.05, 3.63) is 71.4 Å². The van der Waals surface area contributed by atoms with Crippen LogP contribution in [0, 0.1) is 6.92 Å². The molecule has 0 aromatic heterocycles. The number of hydrogen-bond donors (Lipinski definition) is 3. The average Bonchev–Trinajstić information content (AvgIpc) is 2.71. The molecule has 5 nitrogen and oxygen atoms in total. The lowest BCUT2D eigenvalue weighted by Gasteiger charge is -2.32. The van der Waals surface area contributed by atoms with Gasteiger partial charge >= 0.3 is 0 Å². The zero-order valence-corrected chi connectivity index (χ0v) is 17.2. The molecule has 0 aliphatic carbocycles. The molecule has 3 rings (SSSR count). The zero-order valence-electron chi connectivity index (χ0n) is 17.2. The topological polar surface area (TPSA) is 71.0 Å². The SMILES string of the molecule is C/C(=C\Nc1cccc(OC2CC(O)CC(CO)O2)c1)CCc1ccc(C)cc1. The Morgan fingerprint density at radius 2 is 2.00 bits per heavy atom. The second kappa shape index (κ2) is 10.4. The molecule has 0 spiro atoms. The number of aliphatic hydroxyl groups is 2. The second-order valence-electron chi connectivity index (χ2n) is 7.76. The summed E-state index contributed by atoms with van der Waals surface area (Å²) in [4.78, 5) is 0. The van der Waals surface area contributed by atoms with Crippen molar-refractivity contribution in [1.82, 2.24) is 0 Å². The molecule has 1 aliphatic rings. The van der Waals surface area contributed by atoms with E-state index in [1.807, 2.05) is 30.5 Å². The van der Waals surface area contributed by atoms with Crippen LogP contribution in [0.5, 0.6) is 5.75 Å². The van der Waals surface area contributed by atoms with Crippen LogP contribution in [-0.2, 0) is 11.2 Å². The Balaban J connectivity index is 1.52. The summed E-state index contributed by atoms with van der Waals surface area (Å²) < 4.78 is 11.5. The number of aryl methyl sites for hydroxylation is 2. The molecule has 2 aromatic carbocycles. The van der Waals surface area contributed by atoms with Gasteiger partial charge in [0.25, 0.3) is 0 Å². The third kappa shape index (κ3) is 6.89. The molecule has 2 aromatic rings. The Kier molecular flexibility index (Phi) is 7.69. The maximum atomic E-state index is 9.91. The summed E-state index contributed by atoms with van der Waals surface area (Å²) in [6.07, 6.45) is 3.39. The van der Waals surface area contributed by atoms with Crippen LogP contribution in [0.15, 0.2) is 60.3 Å². The third-order valence-corrected chi connectivity index (χ3v) is 5.06. The molecule has 1 heterocycles. The minimum atomic E-state index is -0.557. The Morgan fingerprint density at radius 3 is 2.76 bits per heavy atom. The molecule has 0 amide bonds. The maximum Gasteiger partial charge on any atom is 0.202 e. The van der Waals surface area contributed by atoms with Crippen molar-refractivity contribution in [2.45, 2.75) is 58.0 Å². The average molecular weight is 398 g/mol. The molecule has 1 fully saturated rings. The molecule has 1 saturated heterocycles. The van der Waals surface area contributed by atoms with E-state index in [9.17, 15) is 10.2 Å². The molecular formula is C24H31NO4. The van der Waals surface area contributed by atoms with Crippen LogP contribution >= 0.6 is 0 Å². The third-order valence-electron chi connectivity index (χ3n) is 5.06. The quantitative estimate of drug-likeness (QED) is 0.623. The zero-order chi connectivity index (χ0) is 20.6. The van der Waals surface area contributed by atoms with Crippen LogP contribution < -0.4 is 10.1 Å². The first-order chi connectivity index (χ1) is 14.0. The molecule has 3 unspecified atom stereocenters. The molecule has 1 aliphatic heterocycles. The van der Waals surface area contributed by atoms with Gasteiger partial charge in [0, 0.05) is 24.6 Å². The van der Waals surface area contributed by atoms with E-state index in [-0.39, 0.29) is 12.7 Å². The highest BCUT2D eigenvalue weighted by molar-refractivity contribution is 5.50. The van der Waals surface area contributed by atoms with Crippen LogP contribution in [-0.4, -0.2) is 35.3 Å². The normalized spacial score (nSPS) is 22.3. The van der Waals surface area contributed by atoms with Gasteiger partial charge in [-0.05, 0) is 50.6 Å². The summed E-state index contributed by atoms with van der Waals surface area (Å²) in [6.45, 7) is 4.10. The van der Waals surface area contributed by atoms with Crippen LogP contribution in [0.4, 0.5) is 5.69 Å². The van der Waals surface area contributed by atoms with Gasteiger partial charge in [-0.2, -0.15) is 0 Å². The van der Waals surface area contributed by atoms with Crippen LogP contribution in [0.2, 0.25) is 0 Å². The predicted molar refractivity (Wildman–Crippen MR) is 115 cm³/mol. The van der Waals surface area contributed by atoms with E-state index in [1.165, 1.54) is 16.7 Å². The summed E-state index contributed by atoms with van der Waals surface area (Å²) >= 11 is 0. The maximum absolute atomic E-state index is 9.91. The lowest BCUT2D eigenvalue weighted by molar-refractivity contribution is -0.184. The fourth-order valence-corrected chi connectivity index (χ4v) is 3.33. The van der Waals surface area contributed by atoms with Gasteiger partial charge in [-0.3, -0.25) is 0 Å². The second-order valence-corrected chi connectivity index (χ2v) is 7.76. The molecule has 3 atom stereocenters. The first-order valence-corrected chi connectivity index (χ1v) is 10.2. The number of rotatable bonds is 8. The number of aliphatic hydroxyl groups excluding tert-OH is 2. The highest BCUT2D eigenvalue weighted by atomic mass is 16.7. The highest BCUT2D eigenvalue weighted by Gasteiger charge is 2.29. The molecule has 0 radical (unpaired) electrons. The standard InChI is InChI=1S/C24H31NO4/c1-17-6-9-19(10-7-17)11-8-18(2)15-25-20-4-3-5-22(12-20)28-24-14-21(27)13-23(16-26)29-24/h3-7,9-10,12,15,21,23-27H,8,11,13-14,16H2,1-2H3/b18-15+. The predicted octanol–water partition coefficient (Wildman–Crippen LogP) is 4.18. The molecule has 0 saturated carbocycles. The Bertz CT molecular complexity index is 803. The van der Waals surface area contributed by atoms with Crippen LogP contribution in [0.1, 0.15) is 37.3 Å². The van der Waals surface area contributed by atoms with Crippen molar-refractivity contribution in [3.8, 4) is 5.75 Å². The van der Waals surface area contributed by atoms with Gasteiger partial charge in [0.05, 0.1) is 18.8 Å². The Labute approximate surface area is 173 Å². The molecule has 3 N–H and O–H groups in total. The molecule has 5 heteroatoms. The molecule has 156 valence electrons. The van der Waals surface area contributed by atoms with Crippen LogP contribution in [0.25, 0.3) is 0 Å². The summed E-state index contributed by atoms with van der Waals surface area (Å²) in [5.74, 6) is 0.663. The highest BCUT2D eigenvalue weighted by Crippen LogP contribution is 2.25. The van der Waals surface area contributed by atoms with Gasteiger partial charge in [0.1, 0.15) is 5.75 Å². The smallest absolute Gasteiger partial charge is 0.202 e. The van der Waals surface area contributed by atoms with Gasteiger partial charge in [-0.25, -0.2) is 0 Å². The largest absolute Gasteiger partial charge is 0.465 e. The summed E-state index contributed by atoms with van der Waals surface area (Å²) in [7, 11) is 0. The number of ether oxygens (including phenoxy) is 2. The van der Waals surface area contributed by atoms with E-state index in [0.717, 1.165) is 18.5 Å². The van der Waals surface area contributed by atoms with Crippen molar-refractivity contribution in [1.29, 1.82) is 0 Å². The van der Waals surface area contributed by atoms with E-state index in [4.69, 9.17) is 9.47 Å². The van der Waals surface area contributed by atoms with Gasteiger partial charge < -0.3 is 25.0 Å². The van der Waals surface area contributed by atoms with Crippen molar-refractivity contribution >= 4 is 5.69 Å². The number of benzene rings is 2. The number of hydrogen-bond acceptors (Lipinski definition) is 5. The van der Waals surface area contributed by atoms with Gasteiger partial charge in [-0.1, -0.05) is 41.5 Å². The van der Waals surface area contributed by atoms with E-state index in [2.05, 4.69) is 43.4 Å². The summed E-state index contributed by atoms with van der Waals surface area (Å²) in [6, 6.07) is 16.3. The molecular weight excluding hydrogens is 366 g/mol. The lowest BCUT2D eigenvalue weighted by Crippen LogP contribution is -2.40.